The Kier molecular flexibility index (Phi) is 4.39. The number of aliphatic carboxylic acids is 1. The van der Waals surface area contributed by atoms with Crippen LogP contribution in [0, 0.1) is 0 Å². The number of rotatable bonds is 3. The van der Waals surface area contributed by atoms with Gasteiger partial charge in [-0.3, -0.25) is 0 Å². The lowest BCUT2D eigenvalue weighted by molar-refractivity contribution is -0.141. The van der Waals surface area contributed by atoms with E-state index >= 15 is 0 Å². The first-order valence-corrected chi connectivity index (χ1v) is 3.71. The fourth-order valence-corrected chi connectivity index (χ4v) is 0.788. The molecule has 0 bridgehead atoms. The van der Waals surface area contributed by atoms with E-state index in [1.165, 1.54) is 6.92 Å². The highest BCUT2D eigenvalue weighted by Gasteiger charge is 2.22. The van der Waals surface area contributed by atoms with Crippen LogP contribution in [0.15, 0.2) is 0 Å². The Balaban J connectivity index is 4.12. The molecule has 2 atom stereocenters. The average Bonchev–Trinajstić information content (AvgIpc) is 1.81. The van der Waals surface area contributed by atoms with E-state index in [4.69, 9.17) is 10.2 Å². The van der Waals surface area contributed by atoms with E-state index in [0.29, 0.717) is 0 Å². The van der Waals surface area contributed by atoms with Crippen LogP contribution in [-0.4, -0.2) is 32.6 Å². The van der Waals surface area contributed by atoms with Crippen molar-refractivity contribution in [2.45, 2.75) is 19.1 Å². The summed E-state index contributed by atoms with van der Waals surface area (Å²) in [5, 5.41) is 19.7. The fraction of sp³-hybridized carbons (Fsp3) is 0.600. The highest BCUT2D eigenvalue weighted by Crippen LogP contribution is 1.94. The van der Waals surface area contributed by atoms with Gasteiger partial charge < -0.3 is 15.5 Å². The lowest BCUT2D eigenvalue weighted by atomic mass is 10.2. The zero-order valence-corrected chi connectivity index (χ0v) is 7.52. The Labute approximate surface area is 75.0 Å². The van der Waals surface area contributed by atoms with Crippen molar-refractivity contribution in [2.24, 2.45) is 0 Å². The maximum absolute atomic E-state index is 10.4. The van der Waals surface area contributed by atoms with Gasteiger partial charge in [0, 0.05) is 0 Å². The van der Waals surface area contributed by atoms with Gasteiger partial charge in [0.05, 0.1) is 6.10 Å². The molecule has 0 saturated heterocycles. The average molecular weight is 195 g/mol. The zero-order valence-electron chi connectivity index (χ0n) is 5.81. The van der Waals surface area contributed by atoms with Crippen molar-refractivity contribution in [3.63, 3.8) is 0 Å². The number of thiocarbonyl (C=S) groups is 1. The van der Waals surface area contributed by atoms with Crippen LogP contribution < -0.4 is 5.32 Å². The number of carboxylic acid groups (broad SMARTS) is 1. The second-order valence-electron chi connectivity index (χ2n) is 2.01. The standard InChI is InChI=1S/C5H9NO3S2/c1-2(7)3(4(8)9)6-5(10)11/h2-3,7H,1H3,(H,8,9)(H2,6,10,11)/t2-,3+/m1/s1. The van der Waals surface area contributed by atoms with Crippen LogP contribution in [0.1, 0.15) is 6.92 Å². The number of aliphatic hydroxyl groups excluding tert-OH is 1. The molecule has 64 valence electrons. The Hall–Kier alpha value is -0.330. The molecule has 0 spiro atoms. The third-order valence-electron chi connectivity index (χ3n) is 1.03. The summed E-state index contributed by atoms with van der Waals surface area (Å²) in [6.07, 6.45) is -1.00. The van der Waals surface area contributed by atoms with Crippen LogP contribution in [0.5, 0.6) is 0 Å². The predicted molar refractivity (Wildman–Crippen MR) is 47.8 cm³/mol. The molecule has 0 fully saturated rings. The predicted octanol–water partition coefficient (Wildman–Crippen LogP) is -0.375. The van der Waals surface area contributed by atoms with Gasteiger partial charge in [0.25, 0.3) is 0 Å². The fourth-order valence-electron chi connectivity index (χ4n) is 0.522. The van der Waals surface area contributed by atoms with E-state index < -0.39 is 18.1 Å². The lowest BCUT2D eigenvalue weighted by Gasteiger charge is -2.16. The molecule has 0 unspecified atom stereocenters. The SMILES string of the molecule is C[C@@H](O)[C@H](NC(=S)S)C(=O)O. The van der Waals surface area contributed by atoms with E-state index in [1.54, 1.807) is 0 Å². The minimum absolute atomic E-state index is 0.0540. The molecule has 0 heterocycles. The minimum Gasteiger partial charge on any atom is -0.480 e. The number of carbonyl (C=O) groups is 1. The quantitative estimate of drug-likeness (QED) is 0.365. The van der Waals surface area contributed by atoms with Crippen molar-refractivity contribution < 1.29 is 15.0 Å². The molecule has 0 aliphatic rings. The molecule has 0 aliphatic heterocycles. The Morgan fingerprint density at radius 1 is 1.73 bits per heavy atom. The van der Waals surface area contributed by atoms with Crippen LogP contribution in [0.3, 0.4) is 0 Å². The largest absolute Gasteiger partial charge is 0.480 e. The van der Waals surface area contributed by atoms with Crippen molar-refractivity contribution in [3.05, 3.63) is 0 Å². The molecule has 6 heteroatoms. The first-order chi connectivity index (χ1) is 4.95. The number of carboxylic acids is 1. The molecule has 4 nitrogen and oxygen atoms in total. The zero-order chi connectivity index (χ0) is 9.02. The smallest absolute Gasteiger partial charge is 0.328 e. The van der Waals surface area contributed by atoms with Crippen LogP contribution >= 0.6 is 24.8 Å². The molecule has 11 heavy (non-hydrogen) atoms. The van der Waals surface area contributed by atoms with Gasteiger partial charge in [-0.25, -0.2) is 4.79 Å². The van der Waals surface area contributed by atoms with E-state index in [0.717, 1.165) is 0 Å². The Bertz CT molecular complexity index is 171. The van der Waals surface area contributed by atoms with E-state index in [-0.39, 0.29) is 4.32 Å². The van der Waals surface area contributed by atoms with Gasteiger partial charge >= 0.3 is 5.97 Å². The molecule has 0 radical (unpaired) electrons. The summed E-state index contributed by atoms with van der Waals surface area (Å²) in [5.74, 6) is -1.16. The summed E-state index contributed by atoms with van der Waals surface area (Å²) in [6, 6.07) is -1.08. The van der Waals surface area contributed by atoms with Crippen molar-refractivity contribution in [1.29, 1.82) is 0 Å². The molecular formula is C5H9NO3S2. The van der Waals surface area contributed by atoms with Gasteiger partial charge in [0.2, 0.25) is 0 Å². The van der Waals surface area contributed by atoms with E-state index in [9.17, 15) is 4.79 Å². The van der Waals surface area contributed by atoms with Crippen molar-refractivity contribution in [1.82, 2.24) is 5.32 Å². The van der Waals surface area contributed by atoms with Crippen LogP contribution in [0.2, 0.25) is 0 Å². The van der Waals surface area contributed by atoms with Gasteiger partial charge in [0.15, 0.2) is 6.04 Å². The maximum atomic E-state index is 10.4. The Morgan fingerprint density at radius 3 is 2.27 bits per heavy atom. The van der Waals surface area contributed by atoms with Crippen molar-refractivity contribution in [3.8, 4) is 0 Å². The Morgan fingerprint density at radius 2 is 2.18 bits per heavy atom. The van der Waals surface area contributed by atoms with Gasteiger partial charge in [-0.1, -0.05) is 12.2 Å². The minimum atomic E-state index is -1.16. The summed E-state index contributed by atoms with van der Waals surface area (Å²) in [5.41, 5.74) is 0. The summed E-state index contributed by atoms with van der Waals surface area (Å²) >= 11 is 8.16. The number of hydrogen-bond acceptors (Lipinski definition) is 3. The number of hydrogen-bond donors (Lipinski definition) is 4. The molecular weight excluding hydrogens is 186 g/mol. The normalized spacial score (nSPS) is 15.2. The molecule has 3 N–H and O–H groups in total. The first kappa shape index (κ1) is 10.7. The number of nitrogens with one attached hydrogen (secondary N) is 1. The highest BCUT2D eigenvalue weighted by atomic mass is 32.1. The summed E-state index contributed by atoms with van der Waals surface area (Å²) < 4.78 is 0.0540. The first-order valence-electron chi connectivity index (χ1n) is 2.85. The van der Waals surface area contributed by atoms with E-state index in [2.05, 4.69) is 30.2 Å². The summed E-state index contributed by atoms with van der Waals surface area (Å²) in [7, 11) is 0. The van der Waals surface area contributed by atoms with Gasteiger partial charge in [-0.05, 0) is 6.92 Å². The molecule has 0 aromatic rings. The van der Waals surface area contributed by atoms with Crippen LogP contribution in [0.25, 0.3) is 0 Å². The lowest BCUT2D eigenvalue weighted by Crippen LogP contribution is -2.45. The van der Waals surface area contributed by atoms with Gasteiger partial charge in [-0.2, -0.15) is 0 Å². The van der Waals surface area contributed by atoms with Crippen LogP contribution in [-0.2, 0) is 4.79 Å². The second-order valence-corrected chi connectivity index (χ2v) is 3.16. The van der Waals surface area contributed by atoms with Gasteiger partial charge in [0.1, 0.15) is 4.32 Å². The third-order valence-corrected chi connectivity index (χ3v) is 1.27. The number of aliphatic hydroxyl groups is 1. The molecule has 0 rings (SSSR count). The maximum Gasteiger partial charge on any atom is 0.328 e. The molecule has 0 aromatic carbocycles. The molecule has 0 saturated carbocycles. The number of thiol groups is 1. The second kappa shape index (κ2) is 4.53. The van der Waals surface area contributed by atoms with Crippen LogP contribution in [0.4, 0.5) is 0 Å². The molecule has 0 aliphatic carbocycles. The third kappa shape index (κ3) is 4.18. The van der Waals surface area contributed by atoms with E-state index in [1.807, 2.05) is 0 Å². The van der Waals surface area contributed by atoms with Gasteiger partial charge in [-0.15, -0.1) is 12.6 Å². The van der Waals surface area contributed by atoms with Crippen molar-refractivity contribution in [2.75, 3.05) is 0 Å². The van der Waals surface area contributed by atoms with Crippen molar-refractivity contribution >= 4 is 35.1 Å². The molecule has 0 amide bonds. The topological polar surface area (TPSA) is 69.6 Å². The molecule has 0 aromatic heterocycles. The monoisotopic (exact) mass is 195 g/mol. The summed E-state index contributed by atoms with van der Waals surface area (Å²) in [6.45, 7) is 1.36. The summed E-state index contributed by atoms with van der Waals surface area (Å²) in [4.78, 5) is 10.4. The highest BCUT2D eigenvalue weighted by molar-refractivity contribution is 8.11.